The molecule has 1 N–H and O–H groups in total. The Bertz CT molecular complexity index is 448. The van der Waals surface area contributed by atoms with Gasteiger partial charge in [-0.1, -0.05) is 18.2 Å². The molecule has 0 spiro atoms. The van der Waals surface area contributed by atoms with Gasteiger partial charge in [0.15, 0.2) is 0 Å². The number of carboxylic acids is 1. The highest BCUT2D eigenvalue weighted by Crippen LogP contribution is 2.17. The number of nitrogens with zero attached hydrogens (tertiary/aromatic N) is 2. The predicted molar refractivity (Wildman–Crippen MR) is 75.4 cm³/mol. The molecular formula is C15H22N2O2. The molecule has 0 amide bonds. The van der Waals surface area contributed by atoms with Gasteiger partial charge in [0.25, 0.3) is 0 Å². The van der Waals surface area contributed by atoms with Gasteiger partial charge in [-0.25, -0.2) is 4.79 Å². The number of carboxylic acid groups (broad SMARTS) is 1. The van der Waals surface area contributed by atoms with Crippen molar-refractivity contribution in [3.8, 4) is 0 Å². The molecule has 1 aromatic carbocycles. The zero-order chi connectivity index (χ0) is 13.8. The maximum absolute atomic E-state index is 11.2. The van der Waals surface area contributed by atoms with E-state index in [1.165, 1.54) is 12.8 Å². The van der Waals surface area contributed by atoms with Crippen molar-refractivity contribution in [3.63, 3.8) is 0 Å². The second kappa shape index (κ2) is 6.17. The summed E-state index contributed by atoms with van der Waals surface area (Å²) in [6, 6.07) is 7.79. The number of likely N-dealkylation sites (tertiary alicyclic amines) is 1. The van der Waals surface area contributed by atoms with Gasteiger partial charge in [0.05, 0.1) is 5.56 Å². The maximum atomic E-state index is 11.2. The van der Waals surface area contributed by atoms with Crippen LogP contribution >= 0.6 is 0 Å². The molecule has 0 radical (unpaired) electrons. The lowest BCUT2D eigenvalue weighted by Gasteiger charge is -2.36. The van der Waals surface area contributed by atoms with Crippen LogP contribution in [0.1, 0.15) is 28.8 Å². The highest BCUT2D eigenvalue weighted by Gasteiger charge is 2.22. The lowest BCUT2D eigenvalue weighted by atomic mass is 10.0. The molecule has 0 saturated carbocycles. The fourth-order valence-corrected chi connectivity index (χ4v) is 2.76. The third-order valence-electron chi connectivity index (χ3n) is 3.89. The second-order valence-corrected chi connectivity index (χ2v) is 5.44. The first kappa shape index (κ1) is 14.0. The van der Waals surface area contributed by atoms with Crippen molar-refractivity contribution in [2.75, 3.05) is 27.2 Å². The van der Waals surface area contributed by atoms with Crippen molar-refractivity contribution in [1.82, 2.24) is 9.80 Å². The van der Waals surface area contributed by atoms with E-state index in [0.717, 1.165) is 18.7 Å². The van der Waals surface area contributed by atoms with E-state index in [1.54, 1.807) is 12.1 Å². The molecule has 4 heteroatoms. The van der Waals surface area contributed by atoms with E-state index < -0.39 is 5.97 Å². The molecule has 2 rings (SSSR count). The average Bonchev–Trinajstić information content (AvgIpc) is 2.39. The Morgan fingerprint density at radius 3 is 2.89 bits per heavy atom. The molecule has 1 fully saturated rings. The molecule has 1 unspecified atom stereocenters. The maximum Gasteiger partial charge on any atom is 0.336 e. The normalized spacial score (nSPS) is 20.7. The Kier molecular flexibility index (Phi) is 4.56. The smallest absolute Gasteiger partial charge is 0.336 e. The molecular weight excluding hydrogens is 240 g/mol. The van der Waals surface area contributed by atoms with Gasteiger partial charge in [-0.15, -0.1) is 0 Å². The van der Waals surface area contributed by atoms with Crippen LogP contribution in [-0.4, -0.2) is 54.1 Å². The van der Waals surface area contributed by atoms with Crippen molar-refractivity contribution in [2.24, 2.45) is 0 Å². The van der Waals surface area contributed by atoms with Crippen LogP contribution < -0.4 is 0 Å². The Hall–Kier alpha value is -1.39. The summed E-state index contributed by atoms with van der Waals surface area (Å²) in [5.74, 6) is -0.843. The molecule has 4 nitrogen and oxygen atoms in total. The van der Waals surface area contributed by atoms with Crippen LogP contribution in [0.2, 0.25) is 0 Å². The van der Waals surface area contributed by atoms with Gasteiger partial charge in [0.1, 0.15) is 0 Å². The first-order valence-electron chi connectivity index (χ1n) is 6.78. The van der Waals surface area contributed by atoms with Crippen molar-refractivity contribution >= 4 is 5.97 Å². The molecule has 1 aliphatic rings. The first-order valence-corrected chi connectivity index (χ1v) is 6.78. The highest BCUT2D eigenvalue weighted by atomic mass is 16.4. The lowest BCUT2D eigenvalue weighted by molar-refractivity contribution is 0.0693. The molecule has 0 aliphatic carbocycles. The minimum absolute atomic E-state index is 0.415. The Morgan fingerprint density at radius 2 is 2.21 bits per heavy atom. The Balaban J connectivity index is 2.06. The van der Waals surface area contributed by atoms with Crippen molar-refractivity contribution in [3.05, 3.63) is 35.4 Å². The highest BCUT2D eigenvalue weighted by molar-refractivity contribution is 5.89. The van der Waals surface area contributed by atoms with Gasteiger partial charge in [-0.2, -0.15) is 0 Å². The largest absolute Gasteiger partial charge is 0.478 e. The van der Waals surface area contributed by atoms with E-state index in [4.69, 9.17) is 0 Å². The fraction of sp³-hybridized carbons (Fsp3) is 0.533. The van der Waals surface area contributed by atoms with Crippen LogP contribution in [0.3, 0.4) is 0 Å². The summed E-state index contributed by atoms with van der Waals surface area (Å²) in [4.78, 5) is 15.8. The predicted octanol–water partition coefficient (Wildman–Crippen LogP) is 1.91. The molecule has 1 aliphatic heterocycles. The third-order valence-corrected chi connectivity index (χ3v) is 3.89. The summed E-state index contributed by atoms with van der Waals surface area (Å²) >= 11 is 0. The van der Waals surface area contributed by atoms with Crippen LogP contribution in [0, 0.1) is 0 Å². The number of piperidine rings is 1. The Morgan fingerprint density at radius 1 is 1.47 bits per heavy atom. The summed E-state index contributed by atoms with van der Waals surface area (Å²) in [5.41, 5.74) is 1.31. The molecule has 19 heavy (non-hydrogen) atoms. The molecule has 104 valence electrons. The average molecular weight is 262 g/mol. The number of aromatic carboxylic acids is 1. The number of likely N-dealkylation sites (N-methyl/N-ethyl adjacent to an activating group) is 2. The van der Waals surface area contributed by atoms with E-state index in [0.29, 0.717) is 18.2 Å². The second-order valence-electron chi connectivity index (χ2n) is 5.44. The number of hydrogen-bond donors (Lipinski definition) is 1. The minimum atomic E-state index is -0.843. The van der Waals surface area contributed by atoms with E-state index >= 15 is 0 Å². The van der Waals surface area contributed by atoms with Gasteiger partial charge >= 0.3 is 5.97 Å². The van der Waals surface area contributed by atoms with Crippen LogP contribution in [-0.2, 0) is 6.54 Å². The number of hydrogen-bond acceptors (Lipinski definition) is 3. The monoisotopic (exact) mass is 262 g/mol. The first-order chi connectivity index (χ1) is 9.08. The molecule has 1 heterocycles. The summed E-state index contributed by atoms with van der Waals surface area (Å²) in [6.45, 7) is 2.92. The van der Waals surface area contributed by atoms with Crippen LogP contribution in [0.4, 0.5) is 0 Å². The Labute approximate surface area is 114 Å². The van der Waals surface area contributed by atoms with Crippen LogP contribution in [0.25, 0.3) is 0 Å². The molecule has 0 aromatic heterocycles. The summed E-state index contributed by atoms with van der Waals surface area (Å²) < 4.78 is 0. The van der Waals surface area contributed by atoms with E-state index in [9.17, 15) is 9.90 Å². The summed E-state index contributed by atoms with van der Waals surface area (Å²) in [7, 11) is 4.23. The van der Waals surface area contributed by atoms with Gasteiger partial charge in [-0.3, -0.25) is 4.90 Å². The number of benzene rings is 1. The molecule has 1 saturated heterocycles. The third kappa shape index (κ3) is 3.55. The molecule has 1 atom stereocenters. The topological polar surface area (TPSA) is 43.8 Å². The summed E-state index contributed by atoms with van der Waals surface area (Å²) in [5, 5.41) is 9.20. The SMILES string of the molecule is CN1CCCC(N(C)Cc2ccccc2C(=O)O)C1. The van der Waals surface area contributed by atoms with Gasteiger partial charge in [0.2, 0.25) is 0 Å². The van der Waals surface area contributed by atoms with Gasteiger partial charge < -0.3 is 10.0 Å². The fourth-order valence-electron chi connectivity index (χ4n) is 2.76. The van der Waals surface area contributed by atoms with E-state index in [1.807, 2.05) is 12.1 Å². The lowest BCUT2D eigenvalue weighted by Crippen LogP contribution is -2.44. The van der Waals surface area contributed by atoms with Crippen molar-refractivity contribution in [2.45, 2.75) is 25.4 Å². The van der Waals surface area contributed by atoms with Gasteiger partial charge in [0, 0.05) is 19.1 Å². The van der Waals surface area contributed by atoms with Crippen molar-refractivity contribution in [1.29, 1.82) is 0 Å². The van der Waals surface area contributed by atoms with Crippen LogP contribution in [0.15, 0.2) is 24.3 Å². The van der Waals surface area contributed by atoms with Crippen LogP contribution in [0.5, 0.6) is 0 Å². The molecule has 0 bridgehead atoms. The quantitative estimate of drug-likeness (QED) is 0.900. The zero-order valence-electron chi connectivity index (χ0n) is 11.7. The minimum Gasteiger partial charge on any atom is -0.478 e. The van der Waals surface area contributed by atoms with E-state index in [-0.39, 0.29) is 0 Å². The number of rotatable bonds is 4. The molecule has 1 aromatic rings. The van der Waals surface area contributed by atoms with Gasteiger partial charge in [-0.05, 0) is 45.1 Å². The zero-order valence-corrected chi connectivity index (χ0v) is 11.7. The number of carbonyl (C=O) groups is 1. The standard InChI is InChI=1S/C15H22N2O2/c1-16-9-5-7-13(11-16)17(2)10-12-6-3-4-8-14(12)15(18)19/h3-4,6,8,13H,5,7,9-11H2,1-2H3,(H,18,19). The summed E-state index contributed by atoms with van der Waals surface area (Å²) in [6.07, 6.45) is 2.40. The van der Waals surface area contributed by atoms with Crippen molar-refractivity contribution < 1.29 is 9.90 Å². The van der Waals surface area contributed by atoms with E-state index in [2.05, 4.69) is 23.9 Å².